The second-order valence-electron chi connectivity index (χ2n) is 10.3. The molecule has 0 aliphatic carbocycles. The van der Waals surface area contributed by atoms with Gasteiger partial charge in [-0.2, -0.15) is 13.2 Å². The highest BCUT2D eigenvalue weighted by Crippen LogP contribution is 2.50. The number of amidine groups is 1. The molecule has 11 heteroatoms. The molecule has 2 aromatic carbocycles. The summed E-state index contributed by atoms with van der Waals surface area (Å²) in [5.41, 5.74) is -1.26. The summed E-state index contributed by atoms with van der Waals surface area (Å²) < 4.78 is 56.7. The lowest BCUT2D eigenvalue weighted by Crippen LogP contribution is -2.44. The number of oxime groups is 1. The van der Waals surface area contributed by atoms with E-state index in [1.165, 1.54) is 0 Å². The number of rotatable bonds is 3. The Morgan fingerprint density at radius 3 is 2.31 bits per heavy atom. The van der Waals surface area contributed by atoms with Gasteiger partial charge in [-0.05, 0) is 47.7 Å². The fourth-order valence-corrected chi connectivity index (χ4v) is 4.55. The van der Waals surface area contributed by atoms with Crippen molar-refractivity contribution >= 4 is 34.9 Å². The van der Waals surface area contributed by atoms with Crippen LogP contribution in [0.2, 0.25) is 10.0 Å². The largest absolute Gasteiger partial charge is 0.435 e. The van der Waals surface area contributed by atoms with Gasteiger partial charge in [-0.15, -0.1) is 0 Å². The van der Waals surface area contributed by atoms with E-state index in [1.807, 2.05) is 27.7 Å². The average Bonchev–Trinajstić information content (AvgIpc) is 3.40. The molecule has 1 N–H and O–H groups in total. The van der Waals surface area contributed by atoms with E-state index in [0.29, 0.717) is 12.1 Å². The summed E-state index contributed by atoms with van der Waals surface area (Å²) in [6.45, 7) is 8.57. The van der Waals surface area contributed by atoms with Crippen LogP contribution in [0.25, 0.3) is 0 Å². The molecule has 2 aliphatic heterocycles. The zero-order valence-corrected chi connectivity index (χ0v) is 21.6. The van der Waals surface area contributed by atoms with Gasteiger partial charge in [0.25, 0.3) is 11.5 Å². The van der Waals surface area contributed by atoms with Crippen LogP contribution in [0.15, 0.2) is 35.5 Å². The van der Waals surface area contributed by atoms with E-state index in [-0.39, 0.29) is 29.7 Å². The van der Waals surface area contributed by atoms with E-state index in [9.17, 15) is 22.4 Å². The van der Waals surface area contributed by atoms with Crippen molar-refractivity contribution in [2.45, 2.75) is 65.0 Å². The summed E-state index contributed by atoms with van der Waals surface area (Å²) in [6.07, 6.45) is -5.52. The van der Waals surface area contributed by atoms with Crippen molar-refractivity contribution in [1.82, 2.24) is 10.2 Å². The summed E-state index contributed by atoms with van der Waals surface area (Å²) in [5.74, 6) is -1.15. The molecule has 0 radical (unpaired) electrons. The number of hydrogen-bond acceptors (Lipinski definition) is 4. The van der Waals surface area contributed by atoms with Gasteiger partial charge in [0.2, 0.25) is 0 Å². The van der Waals surface area contributed by atoms with E-state index in [4.69, 9.17) is 28.0 Å². The van der Waals surface area contributed by atoms with Gasteiger partial charge in [0.15, 0.2) is 5.82 Å². The van der Waals surface area contributed by atoms with Crippen LogP contribution in [0, 0.1) is 11.2 Å². The normalized spacial score (nSPS) is 20.6. The number of hydrogen-bond donors (Lipinski definition) is 1. The number of nitrogens with one attached hydrogen (secondary N) is 1. The highest BCUT2D eigenvalue weighted by molar-refractivity contribution is 6.35. The van der Waals surface area contributed by atoms with E-state index in [1.54, 1.807) is 23.1 Å². The van der Waals surface area contributed by atoms with Crippen LogP contribution in [0.4, 0.5) is 17.6 Å². The first kappa shape index (κ1) is 26.5. The molecular weight excluding hydrogens is 521 g/mol. The summed E-state index contributed by atoms with van der Waals surface area (Å²) in [4.78, 5) is 19.4. The topological polar surface area (TPSA) is 53.9 Å². The number of benzene rings is 2. The number of fused-ring (bicyclic) bond motifs is 1. The minimum Gasteiger partial charge on any atom is -0.372 e. The van der Waals surface area contributed by atoms with Gasteiger partial charge >= 0.3 is 6.18 Å². The molecule has 1 amide bonds. The molecule has 2 unspecified atom stereocenters. The molecule has 5 nitrogen and oxygen atoms in total. The Morgan fingerprint density at radius 1 is 1.11 bits per heavy atom. The number of halogens is 6. The zero-order valence-electron chi connectivity index (χ0n) is 20.1. The van der Waals surface area contributed by atoms with E-state index in [2.05, 4.69) is 10.5 Å². The van der Waals surface area contributed by atoms with Crippen LogP contribution in [0.3, 0.4) is 0 Å². The Bertz CT molecular complexity index is 1220. The Hall–Kier alpha value is -2.52. The van der Waals surface area contributed by atoms with Crippen LogP contribution < -0.4 is 5.32 Å². The smallest absolute Gasteiger partial charge is 0.372 e. The van der Waals surface area contributed by atoms with Gasteiger partial charge in [0.1, 0.15) is 5.84 Å². The van der Waals surface area contributed by atoms with Crippen LogP contribution in [-0.4, -0.2) is 28.9 Å². The first-order valence-electron chi connectivity index (χ1n) is 11.3. The minimum absolute atomic E-state index is 0.0660. The molecule has 0 bridgehead atoms. The highest BCUT2D eigenvalue weighted by Gasteiger charge is 2.63. The average molecular weight is 546 g/mol. The quantitative estimate of drug-likeness (QED) is 0.340. The highest BCUT2D eigenvalue weighted by atomic mass is 35.5. The molecule has 0 saturated carbocycles. The van der Waals surface area contributed by atoms with Crippen molar-refractivity contribution in [3.63, 3.8) is 0 Å². The lowest BCUT2D eigenvalue weighted by molar-refractivity contribution is -0.275. The fourth-order valence-electron chi connectivity index (χ4n) is 4.06. The lowest BCUT2D eigenvalue weighted by atomic mass is 9.88. The lowest BCUT2D eigenvalue weighted by Gasteiger charge is -2.30. The molecule has 0 saturated heterocycles. The molecule has 0 aromatic heterocycles. The van der Waals surface area contributed by atoms with Gasteiger partial charge in [-0.3, -0.25) is 4.79 Å². The molecule has 2 aliphatic rings. The number of carbonyl (C=O) groups is 1. The van der Waals surface area contributed by atoms with Crippen molar-refractivity contribution < 1.29 is 27.2 Å². The third-order valence-corrected chi connectivity index (χ3v) is 7.37. The van der Waals surface area contributed by atoms with Gasteiger partial charge in [-0.1, -0.05) is 55.2 Å². The molecule has 2 heterocycles. The first-order chi connectivity index (χ1) is 16.6. The minimum atomic E-state index is -4.88. The molecule has 36 heavy (non-hydrogen) atoms. The van der Waals surface area contributed by atoms with E-state index < -0.39 is 39.6 Å². The van der Waals surface area contributed by atoms with Crippen molar-refractivity contribution in [2.24, 2.45) is 10.6 Å². The van der Waals surface area contributed by atoms with Crippen LogP contribution >= 0.6 is 23.2 Å². The monoisotopic (exact) mass is 545 g/mol. The van der Waals surface area contributed by atoms with Gasteiger partial charge in [0.05, 0.1) is 16.5 Å². The summed E-state index contributed by atoms with van der Waals surface area (Å²) >= 11 is 11.5. The Labute approximate surface area is 216 Å². The Kier molecular flexibility index (Phi) is 6.71. The molecular formula is C25H25Cl2F4N3O2. The third kappa shape index (κ3) is 4.75. The van der Waals surface area contributed by atoms with E-state index >= 15 is 0 Å². The van der Waals surface area contributed by atoms with Crippen LogP contribution in [0.5, 0.6) is 0 Å². The maximum atomic E-state index is 14.3. The standard InChI is InChI=1S/C25H25Cl2F4N3O2/c1-13(23(2,3)4)32-22(35)14-5-6-15-11-34(12-16(15)7-14)20-10-24(36-33-20,25(29,30)31)17-8-18(26)21(28)19(27)9-17/h5-9,13H,10-12H2,1-4H3,(H,32,35). The predicted molar refractivity (Wildman–Crippen MR) is 129 cm³/mol. The molecule has 2 aromatic rings. The molecule has 0 fully saturated rings. The van der Waals surface area contributed by atoms with Gasteiger partial charge in [0, 0.05) is 30.3 Å². The van der Waals surface area contributed by atoms with Crippen LogP contribution in [0.1, 0.15) is 61.2 Å². The molecule has 2 atom stereocenters. The zero-order chi connectivity index (χ0) is 26.6. The molecule has 194 valence electrons. The van der Waals surface area contributed by atoms with Crippen molar-refractivity contribution in [1.29, 1.82) is 0 Å². The summed E-state index contributed by atoms with van der Waals surface area (Å²) in [5, 5.41) is 5.66. The summed E-state index contributed by atoms with van der Waals surface area (Å²) in [6, 6.07) is 6.88. The van der Waals surface area contributed by atoms with E-state index in [0.717, 1.165) is 23.3 Å². The third-order valence-electron chi connectivity index (χ3n) is 6.82. The number of amides is 1. The van der Waals surface area contributed by atoms with Crippen molar-refractivity contribution in [3.05, 3.63) is 68.4 Å². The second kappa shape index (κ2) is 9.10. The molecule has 0 spiro atoms. The summed E-state index contributed by atoms with van der Waals surface area (Å²) in [7, 11) is 0. The SMILES string of the molecule is CC(NC(=O)c1ccc2c(c1)CN(C1=NOC(c3cc(Cl)c(F)c(Cl)c3)(C(F)(F)F)C1)C2)C(C)(C)C. The number of carbonyl (C=O) groups excluding carboxylic acids is 1. The first-order valence-corrected chi connectivity index (χ1v) is 12.0. The predicted octanol–water partition coefficient (Wildman–Crippen LogP) is 6.80. The van der Waals surface area contributed by atoms with Gasteiger partial charge < -0.3 is 15.1 Å². The fraction of sp³-hybridized carbons (Fsp3) is 0.440. The number of nitrogens with zero attached hydrogens (tertiary/aromatic N) is 2. The maximum absolute atomic E-state index is 14.3. The van der Waals surface area contributed by atoms with Gasteiger partial charge in [-0.25, -0.2) is 4.39 Å². The van der Waals surface area contributed by atoms with Crippen molar-refractivity contribution in [3.8, 4) is 0 Å². The number of alkyl halides is 3. The van der Waals surface area contributed by atoms with Crippen LogP contribution in [-0.2, 0) is 23.5 Å². The maximum Gasteiger partial charge on any atom is 0.435 e. The van der Waals surface area contributed by atoms with Crippen molar-refractivity contribution in [2.75, 3.05) is 0 Å². The molecule has 4 rings (SSSR count). The Morgan fingerprint density at radius 2 is 1.72 bits per heavy atom. The second-order valence-corrected chi connectivity index (χ2v) is 11.1. The Balaban J connectivity index is 1.54.